The molecule has 1 rings (SSSR count). The van der Waals surface area contributed by atoms with Crippen LogP contribution in [-0.2, 0) is 0 Å². The maximum absolute atomic E-state index is 4.79. The van der Waals surface area contributed by atoms with Gasteiger partial charge in [-0.3, -0.25) is 9.89 Å². The third kappa shape index (κ3) is 8.24. The van der Waals surface area contributed by atoms with Gasteiger partial charge in [0.2, 0.25) is 0 Å². The molecule has 2 N–H and O–H groups in total. The van der Waals surface area contributed by atoms with E-state index < -0.39 is 0 Å². The van der Waals surface area contributed by atoms with Gasteiger partial charge in [-0.15, -0.1) is 24.0 Å². The predicted octanol–water partition coefficient (Wildman–Crippen LogP) is 3.18. The topological polar surface area (TPSA) is 39.7 Å². The highest BCUT2D eigenvalue weighted by Crippen LogP contribution is 2.37. The van der Waals surface area contributed by atoms with Crippen LogP contribution in [0.3, 0.4) is 0 Å². The molecule has 1 saturated heterocycles. The monoisotopic (exact) mass is 442 g/mol. The number of nitrogens with one attached hydrogen (secondary N) is 2. The Hall–Kier alpha value is 0.310. The summed E-state index contributed by atoms with van der Waals surface area (Å²) in [7, 11) is 0. The molecular formula is C16H35IN4S. The summed E-state index contributed by atoms with van der Waals surface area (Å²) in [5.74, 6) is 2.25. The summed E-state index contributed by atoms with van der Waals surface area (Å²) >= 11 is 2.07. The fraction of sp³-hybridized carbons (Fsp3) is 0.938. The van der Waals surface area contributed by atoms with Gasteiger partial charge in [-0.2, -0.15) is 11.8 Å². The molecule has 0 spiro atoms. The van der Waals surface area contributed by atoms with E-state index in [9.17, 15) is 0 Å². The molecule has 22 heavy (non-hydrogen) atoms. The molecule has 0 aromatic heterocycles. The Morgan fingerprint density at radius 1 is 1.32 bits per heavy atom. The van der Waals surface area contributed by atoms with Gasteiger partial charge in [0.25, 0.3) is 0 Å². The summed E-state index contributed by atoms with van der Waals surface area (Å²) in [6.45, 7) is 16.1. The number of halogens is 1. The summed E-state index contributed by atoms with van der Waals surface area (Å²) in [4.78, 5) is 7.25. The van der Waals surface area contributed by atoms with Gasteiger partial charge in [0.15, 0.2) is 5.96 Å². The molecule has 0 amide bonds. The van der Waals surface area contributed by atoms with Gasteiger partial charge in [0, 0.05) is 30.4 Å². The van der Waals surface area contributed by atoms with Crippen molar-refractivity contribution in [1.29, 1.82) is 0 Å². The number of hydrogen-bond donors (Lipinski definition) is 2. The highest BCUT2D eigenvalue weighted by atomic mass is 127. The Labute approximate surface area is 158 Å². The minimum absolute atomic E-state index is 0. The molecule has 1 heterocycles. The highest BCUT2D eigenvalue weighted by molar-refractivity contribution is 14.0. The molecule has 6 heteroatoms. The van der Waals surface area contributed by atoms with Crippen LogP contribution in [0.1, 0.15) is 47.5 Å². The van der Waals surface area contributed by atoms with Crippen molar-refractivity contribution >= 4 is 41.7 Å². The SMILES string of the molecule is CCNC(=NCC1(C)CCCS1)NCCN(CC)C(C)C.I. The summed E-state index contributed by atoms with van der Waals surface area (Å²) in [5, 5.41) is 6.83. The minimum Gasteiger partial charge on any atom is -0.357 e. The van der Waals surface area contributed by atoms with Gasteiger partial charge in [-0.1, -0.05) is 6.92 Å². The van der Waals surface area contributed by atoms with Crippen molar-refractivity contribution in [3.63, 3.8) is 0 Å². The first-order valence-corrected chi connectivity index (χ1v) is 9.39. The van der Waals surface area contributed by atoms with Gasteiger partial charge in [0.05, 0.1) is 6.54 Å². The molecule has 1 atom stereocenters. The molecular weight excluding hydrogens is 407 g/mol. The van der Waals surface area contributed by atoms with Crippen molar-refractivity contribution in [2.45, 2.75) is 58.2 Å². The Balaban J connectivity index is 0.00000441. The Morgan fingerprint density at radius 2 is 2.05 bits per heavy atom. The molecule has 0 radical (unpaired) electrons. The van der Waals surface area contributed by atoms with Crippen LogP contribution in [0.2, 0.25) is 0 Å². The fourth-order valence-corrected chi connectivity index (χ4v) is 3.87. The standard InChI is InChI=1S/C16H34N4S.HI/c1-6-17-15(18-10-11-20(7-2)14(3)4)19-13-16(5)9-8-12-21-16;/h14H,6-13H2,1-5H3,(H2,17,18,19);1H. The second-order valence-electron chi connectivity index (χ2n) is 6.25. The Bertz CT molecular complexity index is 317. The molecule has 1 aliphatic heterocycles. The number of aliphatic imine (C=N–C) groups is 1. The molecule has 132 valence electrons. The normalized spacial score (nSPS) is 22.0. The van der Waals surface area contributed by atoms with E-state index in [0.717, 1.165) is 38.7 Å². The Morgan fingerprint density at radius 3 is 2.55 bits per heavy atom. The van der Waals surface area contributed by atoms with Gasteiger partial charge in [-0.25, -0.2) is 0 Å². The van der Waals surface area contributed by atoms with E-state index in [1.54, 1.807) is 0 Å². The van der Waals surface area contributed by atoms with E-state index in [-0.39, 0.29) is 24.0 Å². The number of hydrogen-bond acceptors (Lipinski definition) is 3. The predicted molar refractivity (Wildman–Crippen MR) is 112 cm³/mol. The molecule has 0 aromatic carbocycles. The highest BCUT2D eigenvalue weighted by Gasteiger charge is 2.29. The largest absolute Gasteiger partial charge is 0.357 e. The lowest BCUT2D eigenvalue weighted by Gasteiger charge is -2.25. The molecule has 4 nitrogen and oxygen atoms in total. The average Bonchev–Trinajstić information content (AvgIpc) is 2.87. The van der Waals surface area contributed by atoms with Crippen molar-refractivity contribution in [3.05, 3.63) is 0 Å². The van der Waals surface area contributed by atoms with Crippen LogP contribution in [0.5, 0.6) is 0 Å². The second kappa shape index (κ2) is 11.8. The van der Waals surface area contributed by atoms with Gasteiger partial charge < -0.3 is 10.6 Å². The van der Waals surface area contributed by atoms with Crippen molar-refractivity contribution in [1.82, 2.24) is 15.5 Å². The van der Waals surface area contributed by atoms with Crippen LogP contribution in [0.25, 0.3) is 0 Å². The van der Waals surface area contributed by atoms with E-state index in [1.165, 1.54) is 18.6 Å². The first-order valence-electron chi connectivity index (χ1n) is 8.41. The lowest BCUT2D eigenvalue weighted by molar-refractivity contribution is 0.237. The lowest BCUT2D eigenvalue weighted by Crippen LogP contribution is -2.43. The van der Waals surface area contributed by atoms with Crippen molar-refractivity contribution in [2.75, 3.05) is 38.5 Å². The first kappa shape index (κ1) is 22.3. The zero-order valence-electron chi connectivity index (χ0n) is 14.9. The third-order valence-electron chi connectivity index (χ3n) is 4.04. The summed E-state index contributed by atoms with van der Waals surface area (Å²) < 4.78 is 0.343. The number of guanidine groups is 1. The van der Waals surface area contributed by atoms with Crippen LogP contribution >= 0.6 is 35.7 Å². The van der Waals surface area contributed by atoms with Crippen LogP contribution in [0.15, 0.2) is 4.99 Å². The van der Waals surface area contributed by atoms with Crippen molar-refractivity contribution in [3.8, 4) is 0 Å². The minimum atomic E-state index is 0. The number of rotatable bonds is 8. The van der Waals surface area contributed by atoms with Gasteiger partial charge in [0.1, 0.15) is 0 Å². The zero-order valence-corrected chi connectivity index (χ0v) is 18.1. The van der Waals surface area contributed by atoms with E-state index in [4.69, 9.17) is 4.99 Å². The molecule has 1 fully saturated rings. The summed E-state index contributed by atoms with van der Waals surface area (Å²) in [6.07, 6.45) is 2.62. The average molecular weight is 442 g/mol. The van der Waals surface area contributed by atoms with Crippen molar-refractivity contribution < 1.29 is 0 Å². The third-order valence-corrected chi connectivity index (χ3v) is 5.57. The Kier molecular flexibility index (Phi) is 12.0. The van der Waals surface area contributed by atoms with Crippen molar-refractivity contribution in [2.24, 2.45) is 4.99 Å². The second-order valence-corrected chi connectivity index (χ2v) is 7.93. The smallest absolute Gasteiger partial charge is 0.191 e. The lowest BCUT2D eigenvalue weighted by atomic mass is 10.1. The van der Waals surface area contributed by atoms with E-state index in [2.05, 4.69) is 61.9 Å². The van der Waals surface area contributed by atoms with E-state index >= 15 is 0 Å². The summed E-state index contributed by atoms with van der Waals surface area (Å²) in [6, 6.07) is 0.602. The van der Waals surface area contributed by atoms with Crippen LogP contribution in [0, 0.1) is 0 Å². The van der Waals surface area contributed by atoms with Gasteiger partial charge >= 0.3 is 0 Å². The number of nitrogens with zero attached hydrogens (tertiary/aromatic N) is 2. The van der Waals surface area contributed by atoms with Crippen LogP contribution in [-0.4, -0.2) is 60.1 Å². The summed E-state index contributed by atoms with van der Waals surface area (Å²) in [5.41, 5.74) is 0. The van der Waals surface area contributed by atoms with E-state index in [1.807, 2.05) is 0 Å². The molecule has 0 aromatic rings. The fourth-order valence-electron chi connectivity index (χ4n) is 2.65. The molecule has 0 bridgehead atoms. The van der Waals surface area contributed by atoms with Gasteiger partial charge in [-0.05, 0) is 52.8 Å². The molecule has 0 aliphatic carbocycles. The maximum Gasteiger partial charge on any atom is 0.191 e. The quantitative estimate of drug-likeness (QED) is 0.344. The molecule has 1 unspecified atom stereocenters. The molecule has 0 saturated carbocycles. The maximum atomic E-state index is 4.79. The van der Waals surface area contributed by atoms with Crippen LogP contribution in [0.4, 0.5) is 0 Å². The number of likely N-dealkylation sites (N-methyl/N-ethyl adjacent to an activating group) is 1. The zero-order chi connectivity index (χ0) is 15.7. The molecule has 1 aliphatic rings. The number of thioether (sulfide) groups is 1. The first-order chi connectivity index (χ1) is 10.0. The van der Waals surface area contributed by atoms with Crippen LogP contribution < -0.4 is 10.6 Å². The van der Waals surface area contributed by atoms with E-state index in [0.29, 0.717) is 10.8 Å².